The number of nitrogens with zero attached hydrogens (tertiary/aromatic N) is 3. The first-order valence-corrected chi connectivity index (χ1v) is 9.25. The Morgan fingerprint density at radius 2 is 1.76 bits per heavy atom. The summed E-state index contributed by atoms with van der Waals surface area (Å²) in [6, 6.07) is 0. The number of amides is 3. The van der Waals surface area contributed by atoms with Crippen molar-refractivity contribution in [2.75, 3.05) is 0 Å². The average Bonchev–Trinajstić information content (AvgIpc) is 3.34. The van der Waals surface area contributed by atoms with Gasteiger partial charge in [-0.2, -0.15) is 10.1 Å². The van der Waals surface area contributed by atoms with Crippen LogP contribution in [0.15, 0.2) is 16.6 Å². The third-order valence-electron chi connectivity index (χ3n) is 6.35. The van der Waals surface area contributed by atoms with Gasteiger partial charge in [0, 0.05) is 7.05 Å². The Labute approximate surface area is 152 Å². The van der Waals surface area contributed by atoms with Crippen LogP contribution in [0.1, 0.15) is 22.6 Å². The molecule has 1 aliphatic heterocycles. The fraction of sp³-hybridized carbons (Fsp3) is 0.529. The van der Waals surface area contributed by atoms with Crippen molar-refractivity contribution in [3.8, 4) is 0 Å². The van der Waals surface area contributed by atoms with Crippen molar-refractivity contribution in [2.24, 2.45) is 42.6 Å². The third kappa shape index (κ3) is 1.86. The lowest BCUT2D eigenvalue weighted by Crippen LogP contribution is -2.47. The van der Waals surface area contributed by atoms with E-state index in [-0.39, 0.29) is 41.2 Å². The highest BCUT2D eigenvalue weighted by molar-refractivity contribution is 9.10. The Hall–Kier alpha value is -1.96. The summed E-state index contributed by atoms with van der Waals surface area (Å²) in [5.41, 5.74) is 3.45. The molecule has 7 nitrogen and oxygen atoms in total. The summed E-state index contributed by atoms with van der Waals surface area (Å²) in [4.78, 5) is 38.3. The summed E-state index contributed by atoms with van der Waals surface area (Å²) < 4.78 is 2.14. The summed E-state index contributed by atoms with van der Waals surface area (Å²) in [6.07, 6.45) is 5.33. The number of carbonyl (C=O) groups excluding carboxylic acids is 3. The van der Waals surface area contributed by atoms with Crippen molar-refractivity contribution in [2.45, 2.75) is 13.3 Å². The molecule has 0 spiro atoms. The maximum absolute atomic E-state index is 12.8. The van der Waals surface area contributed by atoms with Crippen LogP contribution in [0.2, 0.25) is 0 Å². The van der Waals surface area contributed by atoms with Gasteiger partial charge in [0.1, 0.15) is 0 Å². The fourth-order valence-electron chi connectivity index (χ4n) is 4.95. The molecule has 2 saturated carbocycles. The quantitative estimate of drug-likeness (QED) is 0.592. The molecule has 1 aromatic rings. The largest absolute Gasteiger partial charge is 0.291 e. The van der Waals surface area contributed by atoms with Crippen molar-refractivity contribution in [1.29, 1.82) is 0 Å². The summed E-state index contributed by atoms with van der Waals surface area (Å²) in [5.74, 6) is -0.396. The van der Waals surface area contributed by atoms with Gasteiger partial charge in [0.15, 0.2) is 5.69 Å². The van der Waals surface area contributed by atoms with Crippen molar-refractivity contribution >= 4 is 33.7 Å². The number of hydrogen-bond acceptors (Lipinski definition) is 4. The Morgan fingerprint density at radius 1 is 1.20 bits per heavy atom. The number of carbonyl (C=O) groups is 3. The molecule has 1 saturated heterocycles. The Bertz CT molecular complexity index is 839. The lowest BCUT2D eigenvalue weighted by molar-refractivity contribution is -0.143. The molecule has 130 valence electrons. The highest BCUT2D eigenvalue weighted by Crippen LogP contribution is 2.65. The lowest BCUT2D eigenvalue weighted by atomic mass is 9.63. The van der Waals surface area contributed by atoms with E-state index in [0.29, 0.717) is 16.3 Å². The first-order valence-electron chi connectivity index (χ1n) is 8.46. The summed E-state index contributed by atoms with van der Waals surface area (Å²) in [7, 11) is 1.73. The zero-order valence-corrected chi connectivity index (χ0v) is 15.4. The predicted molar refractivity (Wildman–Crippen MR) is 89.7 cm³/mol. The topological polar surface area (TPSA) is 84.3 Å². The first kappa shape index (κ1) is 15.3. The summed E-state index contributed by atoms with van der Waals surface area (Å²) in [5, 5.41) is 5.09. The Kier molecular flexibility index (Phi) is 2.94. The number of halogens is 1. The van der Waals surface area contributed by atoms with Gasteiger partial charge in [-0.05, 0) is 52.9 Å². The van der Waals surface area contributed by atoms with Gasteiger partial charge in [0.25, 0.3) is 17.7 Å². The Balaban J connectivity index is 1.42. The lowest BCUT2D eigenvalue weighted by Gasteiger charge is -2.37. The van der Waals surface area contributed by atoms with Gasteiger partial charge in [-0.1, -0.05) is 12.2 Å². The number of hydrogen-bond donors (Lipinski definition) is 1. The van der Waals surface area contributed by atoms with E-state index in [9.17, 15) is 14.4 Å². The molecule has 5 aliphatic rings. The van der Waals surface area contributed by atoms with Crippen LogP contribution in [-0.4, -0.2) is 32.5 Å². The minimum absolute atomic E-state index is 0.141. The second-order valence-electron chi connectivity index (χ2n) is 7.48. The van der Waals surface area contributed by atoms with Gasteiger partial charge in [-0.3, -0.25) is 24.5 Å². The minimum atomic E-state index is -0.554. The molecule has 6 rings (SSSR count). The van der Waals surface area contributed by atoms with E-state index in [4.69, 9.17) is 0 Å². The SMILES string of the molecule is Cc1c(Br)c(C(=O)NN2C(=O)C3C4C=CC(C5CC45)C3C2=O)nn1C. The molecule has 1 N–H and O–H groups in total. The molecule has 8 heteroatoms. The van der Waals surface area contributed by atoms with E-state index in [2.05, 4.69) is 38.6 Å². The predicted octanol–water partition coefficient (Wildman–Crippen LogP) is 1.19. The van der Waals surface area contributed by atoms with Crippen LogP contribution < -0.4 is 5.43 Å². The molecule has 6 atom stereocenters. The number of aromatic nitrogens is 2. The van der Waals surface area contributed by atoms with Crippen LogP contribution in [0.5, 0.6) is 0 Å². The molecule has 6 unspecified atom stereocenters. The zero-order chi connectivity index (χ0) is 17.6. The number of hydrazine groups is 1. The molecule has 2 heterocycles. The second-order valence-corrected chi connectivity index (χ2v) is 8.27. The Morgan fingerprint density at radius 3 is 2.24 bits per heavy atom. The summed E-state index contributed by atoms with van der Waals surface area (Å²) in [6.45, 7) is 1.82. The molecular weight excluding hydrogens is 388 g/mol. The van der Waals surface area contributed by atoms with Crippen LogP contribution in [0.3, 0.4) is 0 Å². The number of aryl methyl sites for hydroxylation is 1. The molecule has 25 heavy (non-hydrogen) atoms. The van der Waals surface area contributed by atoms with Crippen LogP contribution >= 0.6 is 15.9 Å². The van der Waals surface area contributed by atoms with Gasteiger partial charge in [0.05, 0.1) is 22.0 Å². The standard InChI is InChI=1S/C17H17BrN4O3/c1-6-13(18)14(19-21(6)2)15(23)20-22-16(24)11-7-3-4-8(10-5-9(7)10)12(11)17(22)25/h3-4,7-12H,5H2,1-2H3,(H,20,23). The molecule has 1 aromatic heterocycles. The number of allylic oxidation sites excluding steroid dienone is 2. The highest BCUT2D eigenvalue weighted by atomic mass is 79.9. The van der Waals surface area contributed by atoms with Crippen LogP contribution in [-0.2, 0) is 16.6 Å². The normalized spacial score (nSPS) is 37.3. The van der Waals surface area contributed by atoms with Crippen molar-refractivity contribution in [3.63, 3.8) is 0 Å². The van der Waals surface area contributed by atoms with Gasteiger partial charge >= 0.3 is 0 Å². The van der Waals surface area contributed by atoms with Crippen LogP contribution in [0, 0.1) is 42.4 Å². The van der Waals surface area contributed by atoms with Crippen molar-refractivity contribution in [3.05, 3.63) is 28.0 Å². The molecule has 0 radical (unpaired) electrons. The number of rotatable bonds is 2. The van der Waals surface area contributed by atoms with E-state index in [1.54, 1.807) is 11.7 Å². The molecule has 3 fully saturated rings. The van der Waals surface area contributed by atoms with E-state index >= 15 is 0 Å². The van der Waals surface area contributed by atoms with Gasteiger partial charge < -0.3 is 0 Å². The molecule has 2 bridgehead atoms. The van der Waals surface area contributed by atoms with Crippen LogP contribution in [0.4, 0.5) is 0 Å². The third-order valence-corrected chi connectivity index (χ3v) is 7.30. The number of imide groups is 1. The van der Waals surface area contributed by atoms with Crippen molar-refractivity contribution < 1.29 is 14.4 Å². The minimum Gasteiger partial charge on any atom is -0.272 e. The summed E-state index contributed by atoms with van der Waals surface area (Å²) >= 11 is 3.34. The van der Waals surface area contributed by atoms with E-state index in [1.165, 1.54) is 0 Å². The smallest absolute Gasteiger partial charge is 0.272 e. The molecule has 4 aliphatic carbocycles. The van der Waals surface area contributed by atoms with E-state index < -0.39 is 5.91 Å². The van der Waals surface area contributed by atoms with Crippen molar-refractivity contribution in [1.82, 2.24) is 20.2 Å². The van der Waals surface area contributed by atoms with Gasteiger partial charge in [-0.25, -0.2) is 0 Å². The van der Waals surface area contributed by atoms with E-state index in [0.717, 1.165) is 17.1 Å². The number of nitrogens with one attached hydrogen (secondary N) is 1. The van der Waals surface area contributed by atoms with Gasteiger partial charge in [0.2, 0.25) is 0 Å². The average molecular weight is 405 g/mol. The van der Waals surface area contributed by atoms with Crippen LogP contribution in [0.25, 0.3) is 0 Å². The maximum atomic E-state index is 12.8. The second kappa shape index (κ2) is 4.81. The zero-order valence-electron chi connectivity index (χ0n) is 13.8. The van der Waals surface area contributed by atoms with E-state index in [1.807, 2.05) is 6.92 Å². The monoisotopic (exact) mass is 404 g/mol. The van der Waals surface area contributed by atoms with Gasteiger partial charge in [-0.15, -0.1) is 0 Å². The molecule has 3 amide bonds. The highest BCUT2D eigenvalue weighted by Gasteiger charge is 2.67. The fourth-order valence-corrected chi connectivity index (χ4v) is 5.47. The molecular formula is C17H17BrN4O3. The molecule has 0 aromatic carbocycles. The maximum Gasteiger partial charge on any atom is 0.291 e. The first-order chi connectivity index (χ1) is 11.9.